The summed E-state index contributed by atoms with van der Waals surface area (Å²) in [6.45, 7) is 3.49. The van der Waals surface area contributed by atoms with Crippen molar-refractivity contribution in [1.82, 2.24) is 4.90 Å². The zero-order chi connectivity index (χ0) is 12.1. The highest BCUT2D eigenvalue weighted by Gasteiger charge is 2.32. The van der Waals surface area contributed by atoms with E-state index in [0.29, 0.717) is 18.5 Å². The lowest BCUT2D eigenvalue weighted by atomic mass is 10.2. The van der Waals surface area contributed by atoms with Crippen LogP contribution in [0.4, 0.5) is 13.2 Å². The lowest BCUT2D eigenvalue weighted by Crippen LogP contribution is -2.36. The van der Waals surface area contributed by atoms with Crippen molar-refractivity contribution in [2.45, 2.75) is 39.8 Å². The lowest BCUT2D eigenvalue weighted by molar-refractivity contribution is -0.156. The van der Waals surface area contributed by atoms with Crippen LogP contribution in [0.3, 0.4) is 0 Å². The van der Waals surface area contributed by atoms with Crippen LogP contribution in [0.25, 0.3) is 0 Å². The molecule has 0 heterocycles. The van der Waals surface area contributed by atoms with Crippen molar-refractivity contribution < 1.29 is 18.0 Å². The molecular formula is C10H16F3NO. The number of carbonyl (C=O) groups excluding carboxylic acids is 1. The number of hydrogen-bond donors (Lipinski definition) is 0. The van der Waals surface area contributed by atoms with E-state index in [9.17, 15) is 18.0 Å². The number of amides is 1. The van der Waals surface area contributed by atoms with Crippen LogP contribution in [-0.4, -0.2) is 23.5 Å². The second-order valence-electron chi connectivity index (χ2n) is 3.18. The van der Waals surface area contributed by atoms with Crippen molar-refractivity contribution >= 4 is 5.91 Å². The van der Waals surface area contributed by atoms with Crippen LogP contribution >= 0.6 is 0 Å². The van der Waals surface area contributed by atoms with Crippen molar-refractivity contribution in [2.75, 3.05) is 6.54 Å². The fourth-order valence-corrected chi connectivity index (χ4v) is 1.28. The first-order valence-corrected chi connectivity index (χ1v) is 4.85. The molecule has 1 amide bonds. The molecule has 0 aromatic rings. The largest absolute Gasteiger partial charge is 0.406 e. The minimum Gasteiger partial charge on any atom is -0.308 e. The normalized spacial score (nSPS) is 12.8. The minimum absolute atomic E-state index is 0.420. The fraction of sp³-hybridized carbons (Fsp3) is 0.700. The van der Waals surface area contributed by atoms with Crippen molar-refractivity contribution in [3.05, 3.63) is 11.8 Å². The smallest absolute Gasteiger partial charge is 0.308 e. The molecule has 0 unspecified atom stereocenters. The molecule has 0 aliphatic carbocycles. The molecule has 2 nitrogen and oxygen atoms in total. The van der Waals surface area contributed by atoms with Gasteiger partial charge in [-0.1, -0.05) is 19.9 Å². The van der Waals surface area contributed by atoms with E-state index in [2.05, 4.69) is 0 Å². The molecular weight excluding hydrogens is 207 g/mol. The molecule has 0 saturated carbocycles. The summed E-state index contributed by atoms with van der Waals surface area (Å²) in [6.07, 6.45) is -1.67. The highest BCUT2D eigenvalue weighted by Crippen LogP contribution is 2.21. The van der Waals surface area contributed by atoms with Crippen LogP contribution in [0, 0.1) is 0 Å². The molecule has 0 rings (SSSR count). The molecule has 0 atom stereocenters. The highest BCUT2D eigenvalue weighted by molar-refractivity contribution is 5.75. The van der Waals surface area contributed by atoms with Crippen LogP contribution in [-0.2, 0) is 4.79 Å². The van der Waals surface area contributed by atoms with Gasteiger partial charge >= 0.3 is 6.18 Å². The molecule has 88 valence electrons. The van der Waals surface area contributed by atoms with Gasteiger partial charge in [-0.15, -0.1) is 0 Å². The summed E-state index contributed by atoms with van der Waals surface area (Å²) in [6, 6.07) is 0. The first kappa shape index (κ1) is 14.0. The molecule has 0 aliphatic rings. The van der Waals surface area contributed by atoms with Gasteiger partial charge in [0, 0.05) is 12.6 Å². The summed E-state index contributed by atoms with van der Waals surface area (Å²) < 4.78 is 36.5. The summed E-state index contributed by atoms with van der Waals surface area (Å²) >= 11 is 0. The molecule has 0 radical (unpaired) electrons. The van der Waals surface area contributed by atoms with Gasteiger partial charge in [0.05, 0.1) is 0 Å². The van der Waals surface area contributed by atoms with Gasteiger partial charge in [-0.3, -0.25) is 4.79 Å². The number of alkyl halides is 3. The van der Waals surface area contributed by atoms with Crippen LogP contribution in [0.2, 0.25) is 0 Å². The molecule has 15 heavy (non-hydrogen) atoms. The van der Waals surface area contributed by atoms with Crippen LogP contribution in [0.5, 0.6) is 0 Å². The summed E-state index contributed by atoms with van der Waals surface area (Å²) in [7, 11) is 0. The van der Waals surface area contributed by atoms with Gasteiger partial charge in [0.25, 0.3) is 0 Å². The second-order valence-corrected chi connectivity index (χ2v) is 3.18. The highest BCUT2D eigenvalue weighted by atomic mass is 19.4. The first-order chi connectivity index (χ1) is 6.81. The van der Waals surface area contributed by atoms with E-state index in [1.807, 2.05) is 6.92 Å². The zero-order valence-electron chi connectivity index (χ0n) is 9.19. The third kappa shape index (κ3) is 5.44. The topological polar surface area (TPSA) is 20.3 Å². The predicted molar refractivity (Wildman–Crippen MR) is 52.1 cm³/mol. The van der Waals surface area contributed by atoms with E-state index >= 15 is 0 Å². The Balaban J connectivity index is 4.80. The number of allylic oxidation sites excluding steroid dienone is 2. The van der Waals surface area contributed by atoms with Crippen LogP contribution < -0.4 is 0 Å². The molecule has 0 fully saturated rings. The van der Waals surface area contributed by atoms with Gasteiger partial charge in [-0.25, -0.2) is 0 Å². The van der Waals surface area contributed by atoms with Crippen molar-refractivity contribution in [1.29, 1.82) is 0 Å². The summed E-state index contributed by atoms with van der Waals surface area (Å²) in [5.41, 5.74) is 0.433. The molecule has 0 aromatic heterocycles. The predicted octanol–water partition coefficient (Wildman–Crippen LogP) is 3.10. The van der Waals surface area contributed by atoms with Gasteiger partial charge < -0.3 is 4.90 Å². The molecule has 0 aliphatic heterocycles. The second kappa shape index (κ2) is 5.78. The van der Waals surface area contributed by atoms with Gasteiger partial charge in [0.15, 0.2) is 0 Å². The van der Waals surface area contributed by atoms with Crippen molar-refractivity contribution in [2.24, 2.45) is 0 Å². The van der Waals surface area contributed by atoms with Crippen LogP contribution in [0.1, 0.15) is 33.6 Å². The van der Waals surface area contributed by atoms with E-state index in [1.165, 1.54) is 0 Å². The van der Waals surface area contributed by atoms with Crippen LogP contribution in [0.15, 0.2) is 11.8 Å². The Hall–Kier alpha value is -1.00. The van der Waals surface area contributed by atoms with E-state index in [1.54, 1.807) is 13.0 Å². The molecule has 0 spiro atoms. The average Bonchev–Trinajstić information content (AvgIpc) is 2.09. The van der Waals surface area contributed by atoms with Gasteiger partial charge in [0.1, 0.15) is 6.54 Å². The standard InChI is InChI=1S/C10H16F3NO/c1-4-6-9(5-2)14(8(3)15)7-10(11,12)13/h6H,4-5,7H2,1-3H3/b9-6+. The maximum Gasteiger partial charge on any atom is 0.406 e. The molecule has 0 N–H and O–H groups in total. The van der Waals surface area contributed by atoms with Gasteiger partial charge in [0.2, 0.25) is 5.91 Å². The van der Waals surface area contributed by atoms with E-state index in [-0.39, 0.29) is 0 Å². The maximum absolute atomic E-state index is 12.2. The van der Waals surface area contributed by atoms with Crippen molar-refractivity contribution in [3.63, 3.8) is 0 Å². The summed E-state index contributed by atoms with van der Waals surface area (Å²) in [5, 5.41) is 0. The number of hydrogen-bond acceptors (Lipinski definition) is 1. The Morgan fingerprint density at radius 1 is 1.33 bits per heavy atom. The third-order valence-corrected chi connectivity index (χ3v) is 1.87. The molecule has 0 bridgehead atoms. The Morgan fingerprint density at radius 3 is 2.13 bits per heavy atom. The van der Waals surface area contributed by atoms with Crippen molar-refractivity contribution in [3.8, 4) is 0 Å². The molecule has 5 heteroatoms. The fourth-order valence-electron chi connectivity index (χ4n) is 1.28. The molecule has 0 saturated heterocycles. The van der Waals surface area contributed by atoms with E-state index in [4.69, 9.17) is 0 Å². The van der Waals surface area contributed by atoms with E-state index in [0.717, 1.165) is 11.8 Å². The van der Waals surface area contributed by atoms with Gasteiger partial charge in [-0.2, -0.15) is 13.2 Å². The Morgan fingerprint density at radius 2 is 1.87 bits per heavy atom. The van der Waals surface area contributed by atoms with E-state index < -0.39 is 18.6 Å². The quantitative estimate of drug-likeness (QED) is 0.717. The summed E-state index contributed by atoms with van der Waals surface area (Å²) in [5.74, 6) is -0.575. The average molecular weight is 223 g/mol. The number of carbonyl (C=O) groups is 1. The lowest BCUT2D eigenvalue weighted by Gasteiger charge is -2.24. The Labute approximate surface area is 87.8 Å². The Bertz CT molecular complexity index is 246. The third-order valence-electron chi connectivity index (χ3n) is 1.87. The monoisotopic (exact) mass is 223 g/mol. The summed E-state index contributed by atoms with van der Waals surface area (Å²) in [4.78, 5) is 11.9. The SMILES string of the molecule is CC/C=C(\CC)N(CC(F)(F)F)C(C)=O. The molecule has 0 aromatic carbocycles. The van der Waals surface area contributed by atoms with Gasteiger partial charge in [-0.05, 0) is 12.8 Å². The zero-order valence-corrected chi connectivity index (χ0v) is 9.19. The number of nitrogens with zero attached hydrogens (tertiary/aromatic N) is 1. The Kier molecular flexibility index (Phi) is 5.39. The first-order valence-electron chi connectivity index (χ1n) is 4.85. The maximum atomic E-state index is 12.2. The minimum atomic E-state index is -4.35. The number of halogens is 3. The number of rotatable bonds is 4.